The number of benzene rings is 1. The van der Waals surface area contributed by atoms with Gasteiger partial charge in [-0.1, -0.05) is 62.8 Å². The number of allylic oxidation sites excluding steroid dienone is 5. The lowest BCUT2D eigenvalue weighted by atomic mass is 9.88. The van der Waals surface area contributed by atoms with Gasteiger partial charge in [-0.25, -0.2) is 0 Å². The summed E-state index contributed by atoms with van der Waals surface area (Å²) in [6, 6.07) is 6.75. The minimum Gasteiger partial charge on any atom is -0.0952 e. The zero-order chi connectivity index (χ0) is 15.1. The fourth-order valence-corrected chi connectivity index (χ4v) is 3.04. The van der Waals surface area contributed by atoms with Gasteiger partial charge in [0.1, 0.15) is 0 Å². The van der Waals surface area contributed by atoms with Gasteiger partial charge in [0.25, 0.3) is 0 Å². The maximum atomic E-state index is 4.32. The van der Waals surface area contributed by atoms with Crippen LogP contribution in [0.5, 0.6) is 0 Å². The van der Waals surface area contributed by atoms with E-state index in [4.69, 9.17) is 0 Å². The van der Waals surface area contributed by atoms with Gasteiger partial charge in [0, 0.05) is 0 Å². The van der Waals surface area contributed by atoms with E-state index < -0.39 is 0 Å². The first-order valence-electron chi connectivity index (χ1n) is 8.38. The van der Waals surface area contributed by atoms with Gasteiger partial charge in [0.15, 0.2) is 0 Å². The molecule has 0 heterocycles. The molecule has 1 aliphatic carbocycles. The molecule has 0 radical (unpaired) electrons. The van der Waals surface area contributed by atoms with Crippen LogP contribution in [0.25, 0.3) is 5.57 Å². The SMILES string of the molecule is C=C1CCC/C=C\C=C/1c1cccc(CCCCC)c1C. The number of aryl methyl sites for hydroxylation is 1. The third-order valence-electron chi connectivity index (χ3n) is 4.42. The van der Waals surface area contributed by atoms with Crippen LogP contribution in [-0.2, 0) is 6.42 Å². The normalized spacial score (nSPS) is 19.5. The van der Waals surface area contributed by atoms with E-state index in [9.17, 15) is 0 Å². The first-order chi connectivity index (χ1) is 10.2. The Labute approximate surface area is 130 Å². The third-order valence-corrected chi connectivity index (χ3v) is 4.42. The van der Waals surface area contributed by atoms with Crippen LogP contribution in [0.15, 0.2) is 48.6 Å². The molecule has 1 aromatic carbocycles. The summed E-state index contributed by atoms with van der Waals surface area (Å²) >= 11 is 0. The molecular formula is C21H28. The molecule has 0 unspecified atom stereocenters. The zero-order valence-electron chi connectivity index (χ0n) is 13.6. The lowest BCUT2D eigenvalue weighted by Crippen LogP contribution is -1.98. The molecule has 1 aliphatic rings. The molecular weight excluding hydrogens is 252 g/mol. The van der Waals surface area contributed by atoms with Crippen molar-refractivity contribution in [3.05, 3.63) is 65.3 Å². The molecule has 0 spiro atoms. The van der Waals surface area contributed by atoms with Crippen molar-refractivity contribution in [3.63, 3.8) is 0 Å². The monoisotopic (exact) mass is 280 g/mol. The molecule has 0 saturated heterocycles. The highest BCUT2D eigenvalue weighted by Gasteiger charge is 2.11. The maximum absolute atomic E-state index is 4.32. The molecule has 21 heavy (non-hydrogen) atoms. The summed E-state index contributed by atoms with van der Waals surface area (Å²) in [7, 11) is 0. The molecule has 0 saturated carbocycles. The van der Waals surface area contributed by atoms with Gasteiger partial charge >= 0.3 is 0 Å². The van der Waals surface area contributed by atoms with Crippen LogP contribution < -0.4 is 0 Å². The molecule has 112 valence electrons. The Bertz CT molecular complexity index is 543. The summed E-state index contributed by atoms with van der Waals surface area (Å²) in [6.45, 7) is 8.85. The van der Waals surface area contributed by atoms with E-state index in [1.54, 1.807) is 0 Å². The first kappa shape index (κ1) is 15.8. The van der Waals surface area contributed by atoms with E-state index in [0.717, 1.165) is 6.42 Å². The zero-order valence-corrected chi connectivity index (χ0v) is 13.6. The van der Waals surface area contributed by atoms with E-state index in [1.165, 1.54) is 66.4 Å². The second-order valence-corrected chi connectivity index (χ2v) is 6.05. The summed E-state index contributed by atoms with van der Waals surface area (Å²) in [4.78, 5) is 0. The molecule has 2 rings (SSSR count). The van der Waals surface area contributed by atoms with Gasteiger partial charge in [-0.05, 0) is 66.9 Å². The van der Waals surface area contributed by atoms with Gasteiger partial charge in [0.05, 0.1) is 0 Å². The highest BCUT2D eigenvalue weighted by atomic mass is 14.2. The van der Waals surface area contributed by atoms with Gasteiger partial charge in [-0.2, -0.15) is 0 Å². The minimum atomic E-state index is 1.11. The highest BCUT2D eigenvalue weighted by molar-refractivity contribution is 5.81. The van der Waals surface area contributed by atoms with E-state index >= 15 is 0 Å². The molecule has 0 atom stereocenters. The molecule has 0 bridgehead atoms. The molecule has 1 aromatic rings. The second kappa shape index (κ2) is 8.02. The third kappa shape index (κ3) is 4.20. The van der Waals surface area contributed by atoms with E-state index in [-0.39, 0.29) is 0 Å². The summed E-state index contributed by atoms with van der Waals surface area (Å²) in [5, 5.41) is 0. The van der Waals surface area contributed by atoms with Crippen LogP contribution in [0.1, 0.15) is 62.1 Å². The lowest BCUT2D eigenvalue weighted by molar-refractivity contribution is 0.715. The van der Waals surface area contributed by atoms with Crippen LogP contribution >= 0.6 is 0 Å². The molecule has 0 aliphatic heterocycles. The highest BCUT2D eigenvalue weighted by Crippen LogP contribution is 2.31. The van der Waals surface area contributed by atoms with Crippen molar-refractivity contribution in [2.45, 2.75) is 58.8 Å². The number of hydrogen-bond donors (Lipinski definition) is 0. The largest absolute Gasteiger partial charge is 0.0952 e. The van der Waals surface area contributed by atoms with Crippen molar-refractivity contribution < 1.29 is 0 Å². The summed E-state index contributed by atoms with van der Waals surface area (Å²) in [6.07, 6.45) is 15.3. The van der Waals surface area contributed by atoms with Gasteiger partial charge in [-0.3, -0.25) is 0 Å². The van der Waals surface area contributed by atoms with Crippen LogP contribution in [0.2, 0.25) is 0 Å². The summed E-state index contributed by atoms with van der Waals surface area (Å²) in [5.41, 5.74) is 6.94. The predicted molar refractivity (Wildman–Crippen MR) is 94.5 cm³/mol. The van der Waals surface area contributed by atoms with Crippen molar-refractivity contribution in [1.29, 1.82) is 0 Å². The predicted octanol–water partition coefficient (Wildman–Crippen LogP) is 6.41. The number of rotatable bonds is 5. The summed E-state index contributed by atoms with van der Waals surface area (Å²) < 4.78 is 0. The van der Waals surface area contributed by atoms with Crippen LogP contribution in [0.3, 0.4) is 0 Å². The fraction of sp³-hybridized carbons (Fsp3) is 0.429. The van der Waals surface area contributed by atoms with Crippen molar-refractivity contribution in [3.8, 4) is 0 Å². The average Bonchev–Trinajstić information content (AvgIpc) is 2.46. The van der Waals surface area contributed by atoms with E-state index in [1.807, 2.05) is 0 Å². The minimum absolute atomic E-state index is 1.11. The standard InChI is InChI=1S/C21H28/c1-4-5-8-13-19-14-11-16-21(18(19)3)20-15-10-7-6-9-12-17(20)2/h7,10-11,14-16H,2,4-6,8-9,12-13H2,1,3H3/b10-7-,20-15+. The first-order valence-corrected chi connectivity index (χ1v) is 8.38. The fourth-order valence-electron chi connectivity index (χ4n) is 3.04. The Morgan fingerprint density at radius 2 is 2.05 bits per heavy atom. The summed E-state index contributed by atoms with van der Waals surface area (Å²) in [5.74, 6) is 0. The maximum Gasteiger partial charge on any atom is -0.0149 e. The lowest BCUT2D eigenvalue weighted by Gasteiger charge is -2.17. The second-order valence-electron chi connectivity index (χ2n) is 6.05. The Morgan fingerprint density at radius 1 is 1.19 bits per heavy atom. The number of hydrogen-bond acceptors (Lipinski definition) is 0. The Hall–Kier alpha value is -1.56. The Balaban J connectivity index is 2.29. The molecule has 0 heteroatoms. The van der Waals surface area contributed by atoms with Gasteiger partial charge in [-0.15, -0.1) is 0 Å². The van der Waals surface area contributed by atoms with Crippen molar-refractivity contribution in [1.82, 2.24) is 0 Å². The molecule has 0 nitrogen and oxygen atoms in total. The molecule has 0 N–H and O–H groups in total. The smallest absolute Gasteiger partial charge is 0.0149 e. The average molecular weight is 280 g/mol. The number of unbranched alkanes of at least 4 members (excludes halogenated alkanes) is 2. The van der Waals surface area contributed by atoms with E-state index in [2.05, 4.69) is 56.9 Å². The molecule has 0 fully saturated rings. The van der Waals surface area contributed by atoms with Crippen LogP contribution in [0.4, 0.5) is 0 Å². The van der Waals surface area contributed by atoms with Crippen LogP contribution in [-0.4, -0.2) is 0 Å². The topological polar surface area (TPSA) is 0 Å². The Morgan fingerprint density at radius 3 is 2.86 bits per heavy atom. The van der Waals surface area contributed by atoms with Crippen LogP contribution in [0, 0.1) is 6.92 Å². The molecule has 0 aromatic heterocycles. The van der Waals surface area contributed by atoms with Crippen molar-refractivity contribution in [2.24, 2.45) is 0 Å². The van der Waals surface area contributed by atoms with E-state index in [0.29, 0.717) is 0 Å². The quantitative estimate of drug-likeness (QED) is 0.547. The van der Waals surface area contributed by atoms with Gasteiger partial charge in [0.2, 0.25) is 0 Å². The van der Waals surface area contributed by atoms with Crippen molar-refractivity contribution >= 4 is 5.57 Å². The Kier molecular flexibility index (Phi) is 6.04. The molecule has 0 amide bonds. The van der Waals surface area contributed by atoms with Crippen molar-refractivity contribution in [2.75, 3.05) is 0 Å². The van der Waals surface area contributed by atoms with Gasteiger partial charge < -0.3 is 0 Å².